The second-order valence-corrected chi connectivity index (χ2v) is 6.48. The van der Waals surface area contributed by atoms with Crippen LogP contribution in [0.5, 0.6) is 0 Å². The molecule has 0 aliphatic rings. The number of rotatable bonds is 5. The zero-order chi connectivity index (χ0) is 17.5. The molecule has 0 aliphatic heterocycles. The van der Waals surface area contributed by atoms with Crippen molar-refractivity contribution in [2.24, 2.45) is 0 Å². The minimum absolute atomic E-state index is 0.0855. The monoisotopic (exact) mass is 340 g/mol. The molecule has 0 radical (unpaired) electrons. The van der Waals surface area contributed by atoms with Gasteiger partial charge in [-0.05, 0) is 47.8 Å². The fraction of sp³-hybridized carbons (Fsp3) is 0.300. The smallest absolute Gasteiger partial charge is 0.257 e. The maximum absolute atomic E-state index is 12.3. The quantitative estimate of drug-likeness (QED) is 0.784. The molecular formula is C20H24N2OS. The second-order valence-electron chi connectivity index (χ2n) is 6.08. The maximum atomic E-state index is 12.3. The van der Waals surface area contributed by atoms with Crippen molar-refractivity contribution >= 4 is 23.2 Å². The lowest BCUT2D eigenvalue weighted by atomic mass is 10.0. The summed E-state index contributed by atoms with van der Waals surface area (Å²) < 4.78 is 0. The predicted molar refractivity (Wildman–Crippen MR) is 103 cm³/mol. The average Bonchev–Trinajstić information content (AvgIpc) is 2.60. The van der Waals surface area contributed by atoms with Gasteiger partial charge in [0.2, 0.25) is 0 Å². The topological polar surface area (TPSA) is 41.1 Å². The number of benzene rings is 2. The van der Waals surface area contributed by atoms with E-state index in [2.05, 4.69) is 43.5 Å². The molecule has 24 heavy (non-hydrogen) atoms. The molecule has 2 aromatic rings. The van der Waals surface area contributed by atoms with Crippen molar-refractivity contribution < 1.29 is 4.79 Å². The number of nitrogens with one attached hydrogen (secondary N) is 2. The minimum atomic E-state index is -0.189. The lowest BCUT2D eigenvalue weighted by molar-refractivity contribution is 0.0976. The van der Waals surface area contributed by atoms with E-state index in [1.165, 1.54) is 5.56 Å². The molecule has 1 unspecified atom stereocenters. The average molecular weight is 340 g/mol. The molecule has 4 heteroatoms. The Morgan fingerprint density at radius 1 is 1.00 bits per heavy atom. The van der Waals surface area contributed by atoms with E-state index in [0.717, 1.165) is 12.0 Å². The summed E-state index contributed by atoms with van der Waals surface area (Å²) in [7, 11) is 0. The molecule has 0 saturated heterocycles. The number of carbonyl (C=O) groups excluding carboxylic acids is 1. The lowest BCUT2D eigenvalue weighted by Crippen LogP contribution is -2.40. The van der Waals surface area contributed by atoms with Crippen LogP contribution in [0.25, 0.3) is 0 Å². The van der Waals surface area contributed by atoms with E-state index in [4.69, 9.17) is 12.2 Å². The van der Waals surface area contributed by atoms with Gasteiger partial charge < -0.3 is 5.32 Å². The molecule has 0 saturated carbocycles. The molecule has 3 nitrogen and oxygen atoms in total. The Morgan fingerprint density at radius 3 is 2.17 bits per heavy atom. The molecule has 126 valence electrons. The summed E-state index contributed by atoms with van der Waals surface area (Å²) in [6, 6.07) is 17.8. The van der Waals surface area contributed by atoms with Gasteiger partial charge in [-0.2, -0.15) is 0 Å². The number of hydrogen-bond donors (Lipinski definition) is 2. The van der Waals surface area contributed by atoms with Crippen LogP contribution in [-0.4, -0.2) is 11.0 Å². The second kappa shape index (κ2) is 8.60. The van der Waals surface area contributed by atoms with E-state index in [-0.39, 0.29) is 11.9 Å². The van der Waals surface area contributed by atoms with Crippen molar-refractivity contribution in [2.45, 2.75) is 39.2 Å². The molecule has 0 aliphatic carbocycles. The van der Waals surface area contributed by atoms with Crippen molar-refractivity contribution in [3.63, 3.8) is 0 Å². The normalized spacial score (nSPS) is 11.8. The first-order chi connectivity index (χ1) is 11.5. The molecule has 0 aromatic heterocycles. The highest BCUT2D eigenvalue weighted by atomic mass is 32.1. The van der Waals surface area contributed by atoms with Crippen molar-refractivity contribution in [3.05, 3.63) is 71.3 Å². The largest absolute Gasteiger partial charge is 0.356 e. The molecule has 0 bridgehead atoms. The SMILES string of the molecule is CCC(NC(=S)NC(=O)c1ccc(C(C)C)cc1)c1ccccc1. The first-order valence-corrected chi connectivity index (χ1v) is 8.68. The van der Waals surface area contributed by atoms with Crippen LogP contribution >= 0.6 is 12.2 Å². The van der Waals surface area contributed by atoms with Gasteiger partial charge in [0.25, 0.3) is 5.91 Å². The summed E-state index contributed by atoms with van der Waals surface area (Å²) in [5, 5.41) is 6.32. The Labute approximate surface area is 149 Å². The predicted octanol–water partition coefficient (Wildman–Crippen LogP) is 4.57. The van der Waals surface area contributed by atoms with Gasteiger partial charge >= 0.3 is 0 Å². The summed E-state index contributed by atoms with van der Waals surface area (Å²) in [5.74, 6) is 0.256. The zero-order valence-corrected chi connectivity index (χ0v) is 15.2. The van der Waals surface area contributed by atoms with Crippen molar-refractivity contribution in [1.82, 2.24) is 10.6 Å². The molecule has 0 fully saturated rings. The fourth-order valence-corrected chi connectivity index (χ4v) is 2.73. The first kappa shape index (κ1) is 18.1. The highest BCUT2D eigenvalue weighted by Gasteiger charge is 2.13. The Bertz CT molecular complexity index is 681. The molecular weight excluding hydrogens is 316 g/mol. The summed E-state index contributed by atoms with van der Waals surface area (Å²) in [4.78, 5) is 12.3. The van der Waals surface area contributed by atoms with Gasteiger partial charge in [0, 0.05) is 5.56 Å². The van der Waals surface area contributed by atoms with E-state index in [0.29, 0.717) is 16.6 Å². The van der Waals surface area contributed by atoms with Crippen LogP contribution in [0.15, 0.2) is 54.6 Å². The van der Waals surface area contributed by atoms with E-state index in [1.807, 2.05) is 42.5 Å². The Kier molecular flexibility index (Phi) is 6.50. The number of carbonyl (C=O) groups is 1. The summed E-state index contributed by atoms with van der Waals surface area (Å²) in [6.45, 7) is 6.34. The minimum Gasteiger partial charge on any atom is -0.356 e. The van der Waals surface area contributed by atoms with Crippen LogP contribution in [0.4, 0.5) is 0 Å². The van der Waals surface area contributed by atoms with Gasteiger partial charge in [0.15, 0.2) is 5.11 Å². The van der Waals surface area contributed by atoms with E-state index < -0.39 is 0 Å². The van der Waals surface area contributed by atoms with Crippen LogP contribution in [0.3, 0.4) is 0 Å². The number of thiocarbonyl (C=S) groups is 1. The zero-order valence-electron chi connectivity index (χ0n) is 14.4. The van der Waals surface area contributed by atoms with Gasteiger partial charge in [-0.15, -0.1) is 0 Å². The Morgan fingerprint density at radius 2 is 1.62 bits per heavy atom. The number of hydrogen-bond acceptors (Lipinski definition) is 2. The fourth-order valence-electron chi connectivity index (χ4n) is 2.50. The van der Waals surface area contributed by atoms with Gasteiger partial charge in [-0.1, -0.05) is 63.2 Å². The summed E-state index contributed by atoms with van der Waals surface area (Å²) in [6.07, 6.45) is 0.878. The molecule has 0 spiro atoms. The molecule has 0 heterocycles. The van der Waals surface area contributed by atoms with Crippen molar-refractivity contribution in [1.29, 1.82) is 0 Å². The van der Waals surface area contributed by atoms with Crippen LogP contribution in [0.2, 0.25) is 0 Å². The van der Waals surface area contributed by atoms with Gasteiger partial charge in [0.05, 0.1) is 6.04 Å². The van der Waals surface area contributed by atoms with E-state index >= 15 is 0 Å². The third-order valence-corrected chi connectivity index (χ3v) is 4.20. The highest BCUT2D eigenvalue weighted by Crippen LogP contribution is 2.16. The Hall–Kier alpha value is -2.20. The van der Waals surface area contributed by atoms with Crippen LogP contribution in [0.1, 0.15) is 60.6 Å². The Balaban J connectivity index is 1.97. The van der Waals surface area contributed by atoms with E-state index in [1.54, 1.807) is 0 Å². The van der Waals surface area contributed by atoms with Crippen molar-refractivity contribution in [3.8, 4) is 0 Å². The van der Waals surface area contributed by atoms with Crippen LogP contribution in [-0.2, 0) is 0 Å². The van der Waals surface area contributed by atoms with Gasteiger partial charge in [-0.25, -0.2) is 0 Å². The van der Waals surface area contributed by atoms with Crippen molar-refractivity contribution in [2.75, 3.05) is 0 Å². The summed E-state index contributed by atoms with van der Waals surface area (Å²) in [5.41, 5.74) is 2.97. The standard InChI is InChI=1S/C20H24N2OS/c1-4-18(16-8-6-5-7-9-16)21-20(24)22-19(23)17-12-10-15(11-13-17)14(2)3/h5-14,18H,4H2,1-3H3,(H2,21,22,23,24). The molecule has 1 atom stereocenters. The lowest BCUT2D eigenvalue weighted by Gasteiger charge is -2.19. The van der Waals surface area contributed by atoms with Gasteiger partial charge in [-0.3, -0.25) is 10.1 Å². The van der Waals surface area contributed by atoms with Crippen LogP contribution in [0, 0.1) is 0 Å². The highest BCUT2D eigenvalue weighted by molar-refractivity contribution is 7.80. The van der Waals surface area contributed by atoms with E-state index in [9.17, 15) is 4.79 Å². The number of amides is 1. The first-order valence-electron chi connectivity index (χ1n) is 8.28. The molecule has 1 amide bonds. The summed E-state index contributed by atoms with van der Waals surface area (Å²) >= 11 is 5.30. The molecule has 2 rings (SSSR count). The third kappa shape index (κ3) is 4.90. The molecule has 2 aromatic carbocycles. The molecule has 2 N–H and O–H groups in total. The van der Waals surface area contributed by atoms with Crippen LogP contribution < -0.4 is 10.6 Å². The van der Waals surface area contributed by atoms with Gasteiger partial charge in [0.1, 0.15) is 0 Å². The maximum Gasteiger partial charge on any atom is 0.257 e. The third-order valence-electron chi connectivity index (χ3n) is 3.98.